The van der Waals surface area contributed by atoms with Gasteiger partial charge in [-0.2, -0.15) is 0 Å². The molecule has 4 heteroatoms. The quantitative estimate of drug-likeness (QED) is 0.573. The van der Waals surface area contributed by atoms with E-state index in [1.165, 1.54) is 32.1 Å². The van der Waals surface area contributed by atoms with Gasteiger partial charge in [0.25, 0.3) is 0 Å². The van der Waals surface area contributed by atoms with Gasteiger partial charge in [0.2, 0.25) is 0 Å². The summed E-state index contributed by atoms with van der Waals surface area (Å²) in [6, 6.07) is 9.17. The third-order valence-corrected chi connectivity index (χ3v) is 15.0. The summed E-state index contributed by atoms with van der Waals surface area (Å²) in [7, 11) is 7.23. The van der Waals surface area contributed by atoms with Gasteiger partial charge in [0.1, 0.15) is 0 Å². The summed E-state index contributed by atoms with van der Waals surface area (Å²) in [4.78, 5) is 0. The van der Waals surface area contributed by atoms with Crippen molar-refractivity contribution in [2.45, 2.75) is 44.7 Å². The molecule has 0 fully saturated rings. The van der Waals surface area contributed by atoms with Crippen molar-refractivity contribution < 1.29 is 0 Å². The van der Waals surface area contributed by atoms with Gasteiger partial charge in [-0.25, -0.2) is 0 Å². The SMILES string of the molecule is CCCC[C@H]1CCc2ccccc2[C@H]1P(P)PP. The molecule has 2 rings (SSSR count). The van der Waals surface area contributed by atoms with Crippen LogP contribution in [-0.2, 0) is 6.42 Å². The van der Waals surface area contributed by atoms with Crippen LogP contribution >= 0.6 is 33.1 Å². The highest BCUT2D eigenvalue weighted by Crippen LogP contribution is 2.77. The number of benzene rings is 1. The molecule has 6 atom stereocenters. The van der Waals surface area contributed by atoms with Gasteiger partial charge in [-0.3, -0.25) is 0 Å². The molecule has 1 aromatic carbocycles. The number of hydrogen-bond acceptors (Lipinski definition) is 0. The molecule has 100 valence electrons. The monoisotopic (exact) mass is 316 g/mol. The molecule has 0 saturated heterocycles. The molecule has 1 aliphatic carbocycles. The van der Waals surface area contributed by atoms with Crippen LogP contribution in [0.25, 0.3) is 0 Å². The third kappa shape index (κ3) is 3.53. The van der Waals surface area contributed by atoms with E-state index in [1.807, 2.05) is 0 Å². The Morgan fingerprint density at radius 2 is 2.17 bits per heavy atom. The minimum atomic E-state index is 0.0684. The highest BCUT2D eigenvalue weighted by Gasteiger charge is 2.32. The summed E-state index contributed by atoms with van der Waals surface area (Å²) in [5.74, 6) is 0.927. The molecule has 0 radical (unpaired) electrons. The Morgan fingerprint density at radius 3 is 2.89 bits per heavy atom. The number of hydrogen-bond donors (Lipinski definition) is 0. The smallest absolute Gasteiger partial charge is 0.0146 e. The lowest BCUT2D eigenvalue weighted by Crippen LogP contribution is -2.18. The normalized spacial score (nSPS) is 25.3. The Hall–Kier alpha value is 0.940. The maximum absolute atomic E-state index is 3.17. The molecule has 1 aromatic rings. The second kappa shape index (κ2) is 7.65. The maximum atomic E-state index is 3.17. The van der Waals surface area contributed by atoms with E-state index in [1.54, 1.807) is 11.1 Å². The molecule has 0 N–H and O–H groups in total. The summed E-state index contributed by atoms with van der Waals surface area (Å²) >= 11 is 0. The van der Waals surface area contributed by atoms with Crippen LogP contribution in [0.4, 0.5) is 0 Å². The molecule has 0 saturated carbocycles. The largest absolute Gasteiger partial charge is 0.110 e. The summed E-state index contributed by atoms with van der Waals surface area (Å²) in [5.41, 5.74) is 4.12. The molecule has 1 aliphatic rings. The topological polar surface area (TPSA) is 0 Å². The second-order valence-electron chi connectivity index (χ2n) is 5.12. The van der Waals surface area contributed by atoms with E-state index in [0.29, 0.717) is 0 Å². The van der Waals surface area contributed by atoms with E-state index in [4.69, 9.17) is 0 Å². The summed E-state index contributed by atoms with van der Waals surface area (Å²) in [6.07, 6.45) is 6.87. The summed E-state index contributed by atoms with van der Waals surface area (Å²) in [6.45, 7) is 2.31. The lowest BCUT2D eigenvalue weighted by Gasteiger charge is -2.37. The Morgan fingerprint density at radius 1 is 1.39 bits per heavy atom. The molecule has 18 heavy (non-hydrogen) atoms. The van der Waals surface area contributed by atoms with Crippen molar-refractivity contribution >= 4 is 33.1 Å². The zero-order valence-electron chi connectivity index (χ0n) is 11.1. The molecule has 0 heterocycles. The van der Waals surface area contributed by atoms with E-state index in [9.17, 15) is 0 Å². The first kappa shape index (κ1) is 15.3. The molecular weight excluding hydrogens is 292 g/mol. The van der Waals surface area contributed by atoms with Gasteiger partial charge < -0.3 is 0 Å². The van der Waals surface area contributed by atoms with E-state index in [0.717, 1.165) is 19.5 Å². The highest BCUT2D eigenvalue weighted by molar-refractivity contribution is 8.61. The zero-order valence-corrected chi connectivity index (χ0v) is 15.3. The lowest BCUT2D eigenvalue weighted by molar-refractivity contribution is 0.404. The van der Waals surface area contributed by atoms with Crippen molar-refractivity contribution in [1.29, 1.82) is 0 Å². The van der Waals surface area contributed by atoms with Crippen molar-refractivity contribution in [3.8, 4) is 0 Å². The Kier molecular flexibility index (Phi) is 6.52. The molecule has 0 spiro atoms. The van der Waals surface area contributed by atoms with Crippen molar-refractivity contribution in [1.82, 2.24) is 0 Å². The van der Waals surface area contributed by atoms with Gasteiger partial charge >= 0.3 is 0 Å². The predicted octanol–water partition coefficient (Wildman–Crippen LogP) is 6.14. The van der Waals surface area contributed by atoms with Gasteiger partial charge in [-0.15, -0.1) is 17.9 Å². The first-order chi connectivity index (χ1) is 8.77. The molecule has 0 amide bonds. The fourth-order valence-corrected chi connectivity index (χ4v) is 8.68. The molecular formula is C14H24P4. The number of unbranched alkanes of at least 4 members (excludes halogenated alkanes) is 1. The summed E-state index contributed by atoms with van der Waals surface area (Å²) < 4.78 is 0. The van der Waals surface area contributed by atoms with Gasteiger partial charge in [0, 0.05) is 5.66 Å². The van der Waals surface area contributed by atoms with Crippen molar-refractivity contribution in [3.63, 3.8) is 0 Å². The molecule has 0 bridgehead atoms. The standard InChI is InChI=1S/C14H24P4/c1-2-3-6-12-10-9-11-7-4-5-8-13(11)14(12)18(16)17-15/h4-5,7-8,12,14,17H,2-3,6,9-10,15-16H2,1H3/t12-,14-,18?/m0/s1. The van der Waals surface area contributed by atoms with Crippen LogP contribution in [-0.4, -0.2) is 0 Å². The van der Waals surface area contributed by atoms with Crippen molar-refractivity contribution in [2.75, 3.05) is 0 Å². The maximum Gasteiger partial charge on any atom is 0.0146 e. The predicted molar refractivity (Wildman–Crippen MR) is 95.2 cm³/mol. The average Bonchev–Trinajstić information content (AvgIpc) is 2.43. The van der Waals surface area contributed by atoms with Crippen LogP contribution in [0.5, 0.6) is 0 Å². The van der Waals surface area contributed by atoms with E-state index in [-0.39, 0.29) is 7.30 Å². The minimum absolute atomic E-state index is 0.0684. The van der Waals surface area contributed by atoms with Crippen LogP contribution in [0, 0.1) is 5.92 Å². The Balaban J connectivity index is 2.24. The lowest BCUT2D eigenvalue weighted by atomic mass is 9.81. The first-order valence-corrected chi connectivity index (χ1v) is 13.5. The third-order valence-electron chi connectivity index (χ3n) is 3.98. The van der Waals surface area contributed by atoms with E-state index >= 15 is 0 Å². The second-order valence-corrected chi connectivity index (χ2v) is 14.6. The van der Waals surface area contributed by atoms with Gasteiger partial charge in [0.15, 0.2) is 0 Å². The minimum Gasteiger partial charge on any atom is -0.110 e. The van der Waals surface area contributed by atoms with Crippen molar-refractivity contribution in [2.24, 2.45) is 5.92 Å². The van der Waals surface area contributed by atoms with Crippen molar-refractivity contribution in [3.05, 3.63) is 35.4 Å². The zero-order chi connectivity index (χ0) is 13.0. The first-order valence-electron chi connectivity index (χ1n) is 6.86. The average molecular weight is 316 g/mol. The number of aryl methyl sites for hydroxylation is 1. The molecule has 0 aromatic heterocycles. The van der Waals surface area contributed by atoms with E-state index < -0.39 is 0 Å². The van der Waals surface area contributed by atoms with Crippen LogP contribution < -0.4 is 0 Å². The molecule has 0 aliphatic heterocycles. The van der Waals surface area contributed by atoms with Gasteiger partial charge in [0.05, 0.1) is 0 Å². The van der Waals surface area contributed by atoms with Gasteiger partial charge in [-0.1, -0.05) is 59.3 Å². The summed E-state index contributed by atoms with van der Waals surface area (Å²) in [5, 5.41) is 0. The van der Waals surface area contributed by atoms with Gasteiger partial charge in [-0.05, 0) is 36.3 Å². The highest BCUT2D eigenvalue weighted by atomic mass is 32.6. The Labute approximate surface area is 119 Å². The number of fused-ring (bicyclic) bond motifs is 1. The van der Waals surface area contributed by atoms with Crippen LogP contribution in [0.2, 0.25) is 0 Å². The van der Waals surface area contributed by atoms with E-state index in [2.05, 4.69) is 49.0 Å². The molecule has 4 unspecified atom stereocenters. The van der Waals surface area contributed by atoms with Crippen LogP contribution in [0.15, 0.2) is 24.3 Å². The fourth-order valence-electron chi connectivity index (χ4n) is 3.03. The van der Waals surface area contributed by atoms with Crippen LogP contribution in [0.3, 0.4) is 0 Å². The molecule has 0 nitrogen and oxygen atoms in total. The Bertz CT molecular complexity index is 380. The number of rotatable bonds is 5. The fraction of sp³-hybridized carbons (Fsp3) is 0.571. The van der Waals surface area contributed by atoms with Crippen LogP contribution in [0.1, 0.15) is 49.4 Å².